The van der Waals surface area contributed by atoms with Gasteiger partial charge in [0, 0.05) is 32.8 Å². The molecule has 0 aliphatic carbocycles. The van der Waals surface area contributed by atoms with E-state index < -0.39 is 0 Å². The average Bonchev–Trinajstić information content (AvgIpc) is 2.61. The van der Waals surface area contributed by atoms with Crippen LogP contribution in [0.15, 0.2) is 12.3 Å². The second-order valence-electron chi connectivity index (χ2n) is 3.46. The molecule has 74 valence electrons. The van der Waals surface area contributed by atoms with Crippen molar-refractivity contribution in [1.82, 2.24) is 15.6 Å². The SMILES string of the molecule is CC(=O)NCc1cnc2c(c1)CNC2. The Bertz CT molecular complexity index is 362. The highest BCUT2D eigenvalue weighted by Crippen LogP contribution is 2.13. The number of carbonyl (C=O) groups excluding carboxylic acids is 1. The maximum atomic E-state index is 10.7. The molecule has 4 nitrogen and oxygen atoms in total. The van der Waals surface area contributed by atoms with Crippen LogP contribution in [0.25, 0.3) is 0 Å². The highest BCUT2D eigenvalue weighted by atomic mass is 16.1. The topological polar surface area (TPSA) is 54.0 Å². The number of rotatable bonds is 2. The van der Waals surface area contributed by atoms with Gasteiger partial charge < -0.3 is 10.6 Å². The molecule has 2 N–H and O–H groups in total. The first-order valence-corrected chi connectivity index (χ1v) is 4.67. The molecule has 0 radical (unpaired) electrons. The summed E-state index contributed by atoms with van der Waals surface area (Å²) in [4.78, 5) is 15.0. The normalized spacial score (nSPS) is 13.8. The summed E-state index contributed by atoms with van der Waals surface area (Å²) in [6, 6.07) is 2.10. The van der Waals surface area contributed by atoms with E-state index in [2.05, 4.69) is 21.7 Å². The standard InChI is InChI=1S/C10H13N3O/c1-7(14)12-3-8-2-9-5-11-6-10(9)13-4-8/h2,4,11H,3,5-6H2,1H3,(H,12,14). The lowest BCUT2D eigenvalue weighted by Crippen LogP contribution is -2.19. The molecule has 1 aliphatic heterocycles. The number of carbonyl (C=O) groups is 1. The fourth-order valence-electron chi connectivity index (χ4n) is 1.54. The molecule has 2 rings (SSSR count). The number of hydrogen-bond acceptors (Lipinski definition) is 3. The summed E-state index contributed by atoms with van der Waals surface area (Å²) in [5.41, 5.74) is 3.42. The van der Waals surface area contributed by atoms with Crippen LogP contribution < -0.4 is 10.6 Å². The van der Waals surface area contributed by atoms with E-state index >= 15 is 0 Å². The molecule has 4 heteroatoms. The summed E-state index contributed by atoms with van der Waals surface area (Å²) in [6.07, 6.45) is 1.82. The molecule has 0 unspecified atom stereocenters. The third kappa shape index (κ3) is 1.90. The summed E-state index contributed by atoms with van der Waals surface area (Å²) in [5, 5.41) is 5.98. The van der Waals surface area contributed by atoms with Gasteiger partial charge in [-0.15, -0.1) is 0 Å². The smallest absolute Gasteiger partial charge is 0.217 e. The van der Waals surface area contributed by atoms with Crippen molar-refractivity contribution in [3.05, 3.63) is 29.1 Å². The van der Waals surface area contributed by atoms with Crippen molar-refractivity contribution in [3.8, 4) is 0 Å². The van der Waals surface area contributed by atoms with E-state index in [-0.39, 0.29) is 5.91 Å². The molecule has 0 spiro atoms. The minimum Gasteiger partial charge on any atom is -0.352 e. The first kappa shape index (κ1) is 9.15. The molecule has 0 saturated heterocycles. The van der Waals surface area contributed by atoms with Gasteiger partial charge in [0.2, 0.25) is 5.91 Å². The maximum Gasteiger partial charge on any atom is 0.217 e. The van der Waals surface area contributed by atoms with E-state index in [9.17, 15) is 4.79 Å². The molecule has 0 saturated carbocycles. The zero-order valence-corrected chi connectivity index (χ0v) is 8.13. The van der Waals surface area contributed by atoms with Crippen molar-refractivity contribution < 1.29 is 4.79 Å². The van der Waals surface area contributed by atoms with Crippen molar-refractivity contribution in [2.45, 2.75) is 26.6 Å². The lowest BCUT2D eigenvalue weighted by molar-refractivity contribution is -0.119. The minimum atomic E-state index is -0.0105. The molecule has 0 aromatic carbocycles. The molecule has 1 amide bonds. The summed E-state index contributed by atoms with van der Waals surface area (Å²) in [7, 11) is 0. The number of aromatic nitrogens is 1. The van der Waals surface area contributed by atoms with Crippen molar-refractivity contribution in [2.75, 3.05) is 0 Å². The lowest BCUT2D eigenvalue weighted by atomic mass is 10.1. The van der Waals surface area contributed by atoms with E-state index in [4.69, 9.17) is 0 Å². The molecule has 0 bridgehead atoms. The zero-order valence-electron chi connectivity index (χ0n) is 8.13. The summed E-state index contributed by atoms with van der Waals surface area (Å²) in [6.45, 7) is 3.82. The van der Waals surface area contributed by atoms with E-state index in [1.54, 1.807) is 0 Å². The highest BCUT2D eigenvalue weighted by molar-refractivity contribution is 5.72. The van der Waals surface area contributed by atoms with Gasteiger partial charge in [0.25, 0.3) is 0 Å². The van der Waals surface area contributed by atoms with Gasteiger partial charge in [0.15, 0.2) is 0 Å². The number of nitrogens with one attached hydrogen (secondary N) is 2. The Labute approximate surface area is 82.7 Å². The minimum absolute atomic E-state index is 0.0105. The molecule has 14 heavy (non-hydrogen) atoms. The predicted molar refractivity (Wildman–Crippen MR) is 52.3 cm³/mol. The second kappa shape index (κ2) is 3.75. The van der Waals surface area contributed by atoms with Gasteiger partial charge in [-0.05, 0) is 17.2 Å². The number of nitrogens with zero attached hydrogens (tertiary/aromatic N) is 1. The monoisotopic (exact) mass is 191 g/mol. The summed E-state index contributed by atoms with van der Waals surface area (Å²) in [5.74, 6) is -0.0105. The Morgan fingerprint density at radius 3 is 3.29 bits per heavy atom. The van der Waals surface area contributed by atoms with Crippen LogP contribution in [-0.2, 0) is 24.4 Å². The van der Waals surface area contributed by atoms with Crippen LogP contribution in [0, 0.1) is 0 Å². The molecule has 0 atom stereocenters. The fraction of sp³-hybridized carbons (Fsp3) is 0.400. The van der Waals surface area contributed by atoms with Gasteiger partial charge in [0.1, 0.15) is 0 Å². The number of amides is 1. The first-order chi connectivity index (χ1) is 6.75. The third-order valence-electron chi connectivity index (χ3n) is 2.27. The van der Waals surface area contributed by atoms with Crippen LogP contribution in [0.1, 0.15) is 23.7 Å². The van der Waals surface area contributed by atoms with Crippen LogP contribution in [0.2, 0.25) is 0 Å². The van der Waals surface area contributed by atoms with E-state index in [0.717, 1.165) is 24.3 Å². The van der Waals surface area contributed by atoms with Crippen molar-refractivity contribution in [2.24, 2.45) is 0 Å². The second-order valence-corrected chi connectivity index (χ2v) is 3.46. The van der Waals surface area contributed by atoms with Gasteiger partial charge >= 0.3 is 0 Å². The van der Waals surface area contributed by atoms with Crippen molar-refractivity contribution >= 4 is 5.91 Å². The maximum absolute atomic E-state index is 10.7. The van der Waals surface area contributed by atoms with Crippen LogP contribution in [0.3, 0.4) is 0 Å². The Morgan fingerprint density at radius 2 is 2.50 bits per heavy atom. The molecular weight excluding hydrogens is 178 g/mol. The van der Waals surface area contributed by atoms with Gasteiger partial charge in [-0.25, -0.2) is 0 Å². The van der Waals surface area contributed by atoms with Crippen molar-refractivity contribution in [1.29, 1.82) is 0 Å². The van der Waals surface area contributed by atoms with Crippen LogP contribution in [0.4, 0.5) is 0 Å². The number of pyridine rings is 1. The molecule has 2 heterocycles. The Hall–Kier alpha value is -1.42. The average molecular weight is 191 g/mol. The van der Waals surface area contributed by atoms with E-state index in [1.807, 2.05) is 6.20 Å². The van der Waals surface area contributed by atoms with Crippen molar-refractivity contribution in [3.63, 3.8) is 0 Å². The number of hydrogen-bond donors (Lipinski definition) is 2. The molecular formula is C10H13N3O. The fourth-order valence-corrected chi connectivity index (χ4v) is 1.54. The first-order valence-electron chi connectivity index (χ1n) is 4.67. The predicted octanol–water partition coefficient (Wildman–Crippen LogP) is 0.321. The van der Waals surface area contributed by atoms with E-state index in [1.165, 1.54) is 12.5 Å². The Kier molecular flexibility index (Phi) is 2.45. The van der Waals surface area contributed by atoms with Gasteiger partial charge in [-0.1, -0.05) is 0 Å². The Morgan fingerprint density at radius 1 is 1.64 bits per heavy atom. The van der Waals surface area contributed by atoms with Gasteiger partial charge in [-0.3, -0.25) is 9.78 Å². The summed E-state index contributed by atoms with van der Waals surface area (Å²) >= 11 is 0. The number of fused-ring (bicyclic) bond motifs is 1. The van der Waals surface area contributed by atoms with Gasteiger partial charge in [0.05, 0.1) is 5.69 Å². The molecule has 0 fully saturated rings. The molecule has 1 aromatic heterocycles. The van der Waals surface area contributed by atoms with Gasteiger partial charge in [-0.2, -0.15) is 0 Å². The Balaban J connectivity index is 2.09. The lowest BCUT2D eigenvalue weighted by Gasteiger charge is -2.03. The molecule has 1 aromatic rings. The largest absolute Gasteiger partial charge is 0.352 e. The summed E-state index contributed by atoms with van der Waals surface area (Å²) < 4.78 is 0. The zero-order chi connectivity index (χ0) is 9.97. The quantitative estimate of drug-likeness (QED) is 0.708. The van der Waals surface area contributed by atoms with Crippen LogP contribution in [-0.4, -0.2) is 10.9 Å². The van der Waals surface area contributed by atoms with Crippen LogP contribution >= 0.6 is 0 Å². The highest BCUT2D eigenvalue weighted by Gasteiger charge is 2.11. The van der Waals surface area contributed by atoms with Crippen LogP contribution in [0.5, 0.6) is 0 Å². The third-order valence-corrected chi connectivity index (χ3v) is 2.27. The van der Waals surface area contributed by atoms with E-state index in [0.29, 0.717) is 6.54 Å². The molecule has 1 aliphatic rings.